The van der Waals surface area contributed by atoms with Gasteiger partial charge in [-0.3, -0.25) is 14.9 Å². The van der Waals surface area contributed by atoms with Gasteiger partial charge in [0.1, 0.15) is 0 Å². The quantitative estimate of drug-likeness (QED) is 0.604. The van der Waals surface area contributed by atoms with Gasteiger partial charge in [0, 0.05) is 6.42 Å². The molecule has 17 heavy (non-hydrogen) atoms. The summed E-state index contributed by atoms with van der Waals surface area (Å²) in [6.45, 7) is 9.75. The molecule has 1 N–H and O–H groups in total. The molecule has 0 bridgehead atoms. The van der Waals surface area contributed by atoms with Gasteiger partial charge in [0.25, 0.3) is 0 Å². The van der Waals surface area contributed by atoms with Gasteiger partial charge in [-0.25, -0.2) is 0 Å². The summed E-state index contributed by atoms with van der Waals surface area (Å²) in [6, 6.07) is 0. The van der Waals surface area contributed by atoms with Crippen LogP contribution in [0.2, 0.25) is 0 Å². The second kappa shape index (κ2) is 8.50. The maximum absolute atomic E-state index is 11.4. The van der Waals surface area contributed by atoms with Crippen molar-refractivity contribution in [1.29, 1.82) is 0 Å². The summed E-state index contributed by atoms with van der Waals surface area (Å²) < 4.78 is 0. The number of allylic oxidation sites excluding steroid dienone is 4. The van der Waals surface area contributed by atoms with Gasteiger partial charge in [-0.05, 0) is 18.9 Å². The Morgan fingerprint density at radius 2 is 2.00 bits per heavy atom. The van der Waals surface area contributed by atoms with E-state index in [-0.39, 0.29) is 17.7 Å². The van der Waals surface area contributed by atoms with Gasteiger partial charge in [-0.15, -0.1) is 0 Å². The smallest absolute Gasteiger partial charge is 0.234 e. The summed E-state index contributed by atoms with van der Waals surface area (Å²) >= 11 is 0. The SMILES string of the molecule is C=C(/C=C\C=C/C)C1CCC(=O)NC1=O.CC. The molecule has 0 aromatic heterocycles. The lowest BCUT2D eigenvalue weighted by atomic mass is 9.91. The van der Waals surface area contributed by atoms with Crippen LogP contribution < -0.4 is 5.32 Å². The minimum Gasteiger partial charge on any atom is -0.296 e. The van der Waals surface area contributed by atoms with Gasteiger partial charge in [0.15, 0.2) is 0 Å². The summed E-state index contributed by atoms with van der Waals surface area (Å²) in [7, 11) is 0. The van der Waals surface area contributed by atoms with E-state index in [1.165, 1.54) is 0 Å². The first-order chi connectivity index (χ1) is 8.15. The third-order valence-corrected chi connectivity index (χ3v) is 2.30. The highest BCUT2D eigenvalue weighted by Crippen LogP contribution is 2.20. The Labute approximate surface area is 103 Å². The molecule has 1 atom stereocenters. The lowest BCUT2D eigenvalue weighted by molar-refractivity contribution is -0.135. The van der Waals surface area contributed by atoms with E-state index in [1.807, 2.05) is 39.0 Å². The third kappa shape index (κ3) is 5.29. The van der Waals surface area contributed by atoms with Gasteiger partial charge in [0.2, 0.25) is 11.8 Å². The van der Waals surface area contributed by atoms with E-state index >= 15 is 0 Å². The summed E-state index contributed by atoms with van der Waals surface area (Å²) in [5, 5.41) is 2.31. The van der Waals surface area contributed by atoms with E-state index in [0.29, 0.717) is 12.8 Å². The highest BCUT2D eigenvalue weighted by atomic mass is 16.2. The number of rotatable bonds is 3. The first kappa shape index (κ1) is 15.4. The van der Waals surface area contributed by atoms with Crippen LogP contribution in [0.4, 0.5) is 0 Å². The lowest BCUT2D eigenvalue weighted by Gasteiger charge is -2.20. The summed E-state index contributed by atoms with van der Waals surface area (Å²) in [4.78, 5) is 22.3. The average molecular weight is 235 g/mol. The molecule has 3 nitrogen and oxygen atoms in total. The van der Waals surface area contributed by atoms with E-state index in [4.69, 9.17) is 0 Å². The van der Waals surface area contributed by atoms with E-state index in [0.717, 1.165) is 5.57 Å². The van der Waals surface area contributed by atoms with Crippen molar-refractivity contribution in [3.63, 3.8) is 0 Å². The maximum atomic E-state index is 11.4. The molecule has 1 aliphatic rings. The fourth-order valence-corrected chi connectivity index (χ4v) is 1.45. The number of piperidine rings is 1. The van der Waals surface area contributed by atoms with E-state index < -0.39 is 0 Å². The van der Waals surface area contributed by atoms with Crippen LogP contribution in [0.25, 0.3) is 0 Å². The van der Waals surface area contributed by atoms with Crippen molar-refractivity contribution in [2.75, 3.05) is 0 Å². The zero-order valence-corrected chi connectivity index (χ0v) is 10.8. The first-order valence-corrected chi connectivity index (χ1v) is 5.97. The Kier molecular flexibility index (Phi) is 7.68. The molecule has 1 unspecified atom stereocenters. The second-order valence-electron chi connectivity index (χ2n) is 3.46. The van der Waals surface area contributed by atoms with Gasteiger partial charge in [-0.2, -0.15) is 0 Å². The van der Waals surface area contributed by atoms with Crippen molar-refractivity contribution >= 4 is 11.8 Å². The average Bonchev–Trinajstić information content (AvgIpc) is 2.31. The molecule has 0 spiro atoms. The summed E-state index contributed by atoms with van der Waals surface area (Å²) in [5.74, 6) is -0.688. The minimum absolute atomic E-state index is 0.193. The van der Waals surface area contributed by atoms with Crippen molar-refractivity contribution < 1.29 is 9.59 Å². The molecule has 94 valence electrons. The van der Waals surface area contributed by atoms with E-state index in [1.54, 1.807) is 6.08 Å². The molecule has 1 aliphatic heterocycles. The first-order valence-electron chi connectivity index (χ1n) is 5.97. The molecule has 0 aromatic rings. The third-order valence-electron chi connectivity index (χ3n) is 2.30. The summed E-state index contributed by atoms with van der Waals surface area (Å²) in [5.41, 5.74) is 0.748. The lowest BCUT2D eigenvalue weighted by Crippen LogP contribution is -2.41. The molecule has 0 saturated carbocycles. The number of nitrogens with one attached hydrogen (secondary N) is 1. The standard InChI is InChI=1S/C12H15NO2.C2H6/c1-3-4-5-6-9(2)10-7-8-11(14)13-12(10)15;1-2/h3-6,10H,2,7-8H2,1H3,(H,13,14,15);1-2H3/b4-3-,6-5-;. The molecular weight excluding hydrogens is 214 g/mol. The van der Waals surface area contributed by atoms with Crippen molar-refractivity contribution in [1.82, 2.24) is 5.32 Å². The van der Waals surface area contributed by atoms with E-state index in [2.05, 4.69) is 11.9 Å². The Morgan fingerprint density at radius 3 is 2.53 bits per heavy atom. The predicted octanol–water partition coefficient (Wildman–Crippen LogP) is 2.75. The van der Waals surface area contributed by atoms with Crippen LogP contribution in [0, 0.1) is 5.92 Å². The van der Waals surface area contributed by atoms with Crippen LogP contribution in [-0.2, 0) is 9.59 Å². The molecule has 0 aromatic carbocycles. The van der Waals surface area contributed by atoms with Crippen LogP contribution in [-0.4, -0.2) is 11.8 Å². The van der Waals surface area contributed by atoms with Gasteiger partial charge >= 0.3 is 0 Å². The fourth-order valence-electron chi connectivity index (χ4n) is 1.45. The topological polar surface area (TPSA) is 46.2 Å². The van der Waals surface area contributed by atoms with Crippen LogP contribution >= 0.6 is 0 Å². The molecular formula is C14H21NO2. The molecule has 1 heterocycles. The predicted molar refractivity (Wildman–Crippen MR) is 70.3 cm³/mol. The van der Waals surface area contributed by atoms with Crippen LogP contribution in [0.15, 0.2) is 36.5 Å². The molecule has 1 rings (SSSR count). The van der Waals surface area contributed by atoms with E-state index in [9.17, 15) is 9.59 Å². The van der Waals surface area contributed by atoms with Crippen LogP contribution in [0.1, 0.15) is 33.6 Å². The number of hydrogen-bond acceptors (Lipinski definition) is 2. The minimum atomic E-state index is -0.260. The molecule has 0 aliphatic carbocycles. The zero-order chi connectivity index (χ0) is 13.3. The van der Waals surface area contributed by atoms with Crippen molar-refractivity contribution in [2.45, 2.75) is 33.6 Å². The molecule has 1 fully saturated rings. The Balaban J connectivity index is 0.00000121. The van der Waals surface area contributed by atoms with Crippen molar-refractivity contribution in [3.8, 4) is 0 Å². The number of amides is 2. The van der Waals surface area contributed by atoms with Crippen LogP contribution in [0.5, 0.6) is 0 Å². The zero-order valence-electron chi connectivity index (χ0n) is 10.8. The normalized spacial score (nSPS) is 20.1. The largest absolute Gasteiger partial charge is 0.296 e. The molecule has 1 saturated heterocycles. The second-order valence-corrected chi connectivity index (χ2v) is 3.46. The fraction of sp³-hybridized carbons (Fsp3) is 0.429. The van der Waals surface area contributed by atoms with Crippen molar-refractivity contribution in [2.24, 2.45) is 5.92 Å². The highest BCUT2D eigenvalue weighted by Gasteiger charge is 2.27. The Morgan fingerprint density at radius 1 is 1.35 bits per heavy atom. The molecule has 0 radical (unpaired) electrons. The van der Waals surface area contributed by atoms with Gasteiger partial charge < -0.3 is 0 Å². The van der Waals surface area contributed by atoms with Crippen LogP contribution in [0.3, 0.4) is 0 Å². The van der Waals surface area contributed by atoms with Gasteiger partial charge in [0.05, 0.1) is 5.92 Å². The Hall–Kier alpha value is -1.64. The number of carbonyl (C=O) groups excluding carboxylic acids is 2. The number of hydrogen-bond donors (Lipinski definition) is 1. The Bertz CT molecular complexity index is 340. The maximum Gasteiger partial charge on any atom is 0.234 e. The highest BCUT2D eigenvalue weighted by molar-refractivity contribution is 6.00. The monoisotopic (exact) mass is 235 g/mol. The number of carbonyl (C=O) groups is 2. The molecule has 3 heteroatoms. The van der Waals surface area contributed by atoms with Gasteiger partial charge in [-0.1, -0.05) is 44.7 Å². The molecule has 2 amide bonds. The summed E-state index contributed by atoms with van der Waals surface area (Å²) in [6.07, 6.45) is 8.37. The number of imide groups is 1. The van der Waals surface area contributed by atoms with Crippen molar-refractivity contribution in [3.05, 3.63) is 36.5 Å².